The standard InChI is InChI=1S/C22H16O5S/c1-15-19-14-17(27-28(24,25)18-10-6-3-7-11-18)12-13-20(19)26-22(23)21(15)16-8-4-2-5-9-16/h2-14H,1H3. The SMILES string of the molecule is Cc1c(-c2ccccc2)c(=O)oc2ccc(OS(=O)(=O)c3ccccc3)cc12. The van der Waals surface area contributed by atoms with Crippen molar-refractivity contribution >= 4 is 21.1 Å². The van der Waals surface area contributed by atoms with Gasteiger partial charge in [-0.15, -0.1) is 0 Å². The minimum absolute atomic E-state index is 0.0661. The van der Waals surface area contributed by atoms with Crippen molar-refractivity contribution in [3.63, 3.8) is 0 Å². The molecular formula is C22H16O5S. The van der Waals surface area contributed by atoms with E-state index in [-0.39, 0.29) is 10.6 Å². The van der Waals surface area contributed by atoms with Crippen molar-refractivity contribution in [3.05, 3.63) is 94.8 Å². The number of fused-ring (bicyclic) bond motifs is 1. The Morgan fingerprint density at radius 3 is 2.18 bits per heavy atom. The van der Waals surface area contributed by atoms with Gasteiger partial charge in [0.05, 0.1) is 5.56 Å². The molecule has 28 heavy (non-hydrogen) atoms. The van der Waals surface area contributed by atoms with Gasteiger partial charge in [-0.1, -0.05) is 48.5 Å². The highest BCUT2D eigenvalue weighted by Crippen LogP contribution is 2.30. The zero-order valence-electron chi connectivity index (χ0n) is 15.0. The lowest BCUT2D eigenvalue weighted by Crippen LogP contribution is -2.10. The summed E-state index contributed by atoms with van der Waals surface area (Å²) < 4.78 is 35.7. The van der Waals surface area contributed by atoms with Gasteiger partial charge in [0, 0.05) is 5.39 Å². The Kier molecular flexibility index (Phi) is 4.49. The minimum Gasteiger partial charge on any atom is -0.422 e. The highest BCUT2D eigenvalue weighted by atomic mass is 32.2. The molecule has 4 aromatic rings. The molecule has 0 saturated carbocycles. The largest absolute Gasteiger partial charge is 0.422 e. The third kappa shape index (κ3) is 3.30. The van der Waals surface area contributed by atoms with Crippen LogP contribution in [-0.2, 0) is 10.1 Å². The molecule has 0 radical (unpaired) electrons. The summed E-state index contributed by atoms with van der Waals surface area (Å²) in [5, 5.41) is 0.610. The molecule has 0 aliphatic rings. The van der Waals surface area contributed by atoms with E-state index in [4.69, 9.17) is 8.60 Å². The van der Waals surface area contributed by atoms with Crippen molar-refractivity contribution in [2.45, 2.75) is 11.8 Å². The lowest BCUT2D eigenvalue weighted by molar-refractivity contribution is 0.486. The fourth-order valence-corrected chi connectivity index (χ4v) is 4.03. The molecule has 0 N–H and O–H groups in total. The molecule has 140 valence electrons. The van der Waals surface area contributed by atoms with Gasteiger partial charge < -0.3 is 8.60 Å². The Morgan fingerprint density at radius 1 is 0.857 bits per heavy atom. The average Bonchev–Trinajstić information content (AvgIpc) is 2.70. The summed E-state index contributed by atoms with van der Waals surface area (Å²) in [6, 6.07) is 21.7. The van der Waals surface area contributed by atoms with Crippen LogP contribution in [0.2, 0.25) is 0 Å². The highest BCUT2D eigenvalue weighted by Gasteiger charge is 2.18. The second-order valence-electron chi connectivity index (χ2n) is 6.26. The number of hydrogen-bond acceptors (Lipinski definition) is 5. The van der Waals surface area contributed by atoms with Crippen molar-refractivity contribution in [3.8, 4) is 16.9 Å². The first-order valence-electron chi connectivity index (χ1n) is 8.58. The van der Waals surface area contributed by atoms with Crippen LogP contribution in [-0.4, -0.2) is 8.42 Å². The van der Waals surface area contributed by atoms with Crippen molar-refractivity contribution in [1.29, 1.82) is 0 Å². The normalized spacial score (nSPS) is 11.5. The molecule has 1 aromatic heterocycles. The first-order valence-corrected chi connectivity index (χ1v) is 9.99. The summed E-state index contributed by atoms with van der Waals surface area (Å²) in [6.07, 6.45) is 0. The maximum absolute atomic E-state index is 12.5. The zero-order valence-corrected chi connectivity index (χ0v) is 15.8. The molecular weight excluding hydrogens is 376 g/mol. The summed E-state index contributed by atoms with van der Waals surface area (Å²) in [7, 11) is -3.96. The van der Waals surface area contributed by atoms with Gasteiger partial charge in [0.15, 0.2) is 0 Å². The van der Waals surface area contributed by atoms with Gasteiger partial charge >= 0.3 is 15.7 Å². The maximum atomic E-state index is 12.5. The second kappa shape index (κ2) is 6.98. The molecule has 0 spiro atoms. The van der Waals surface area contributed by atoms with Crippen LogP contribution in [0.25, 0.3) is 22.1 Å². The van der Waals surface area contributed by atoms with Crippen molar-refractivity contribution in [2.24, 2.45) is 0 Å². The van der Waals surface area contributed by atoms with Gasteiger partial charge in [0.25, 0.3) is 0 Å². The Bertz CT molecular complexity index is 1310. The quantitative estimate of drug-likeness (QED) is 0.377. The summed E-state index contributed by atoms with van der Waals surface area (Å²) in [6.45, 7) is 1.80. The third-order valence-electron chi connectivity index (χ3n) is 4.44. The predicted molar refractivity (Wildman–Crippen MR) is 107 cm³/mol. The fraction of sp³-hybridized carbons (Fsp3) is 0.0455. The van der Waals surface area contributed by atoms with Crippen LogP contribution in [0.1, 0.15) is 5.56 Å². The Morgan fingerprint density at radius 2 is 1.50 bits per heavy atom. The van der Waals surface area contributed by atoms with Gasteiger partial charge in [-0.25, -0.2) is 4.79 Å². The Hall–Kier alpha value is -3.38. The van der Waals surface area contributed by atoms with E-state index < -0.39 is 15.7 Å². The van der Waals surface area contributed by atoms with E-state index in [0.29, 0.717) is 22.1 Å². The van der Waals surface area contributed by atoms with Crippen LogP contribution in [0, 0.1) is 6.92 Å². The first-order chi connectivity index (χ1) is 13.5. The van der Waals surface area contributed by atoms with E-state index in [2.05, 4.69) is 0 Å². The highest BCUT2D eigenvalue weighted by molar-refractivity contribution is 7.87. The summed E-state index contributed by atoms with van der Waals surface area (Å²) in [5.41, 5.74) is 1.79. The third-order valence-corrected chi connectivity index (χ3v) is 5.70. The van der Waals surface area contributed by atoms with Gasteiger partial charge in [-0.05, 0) is 48.4 Å². The van der Waals surface area contributed by atoms with E-state index in [1.54, 1.807) is 31.2 Å². The molecule has 4 rings (SSSR count). The van der Waals surface area contributed by atoms with E-state index in [1.165, 1.54) is 24.3 Å². The fourth-order valence-electron chi connectivity index (χ4n) is 3.08. The van der Waals surface area contributed by atoms with Crippen molar-refractivity contribution < 1.29 is 17.0 Å². The molecule has 0 amide bonds. The van der Waals surface area contributed by atoms with Crippen LogP contribution in [0.4, 0.5) is 0 Å². The number of benzene rings is 3. The summed E-state index contributed by atoms with van der Waals surface area (Å²) >= 11 is 0. The van der Waals surface area contributed by atoms with Crippen LogP contribution in [0.3, 0.4) is 0 Å². The number of aryl methyl sites for hydroxylation is 1. The Labute approximate surface area is 162 Å². The molecule has 0 unspecified atom stereocenters. The molecule has 6 heteroatoms. The smallest absolute Gasteiger partial charge is 0.344 e. The molecule has 0 saturated heterocycles. The second-order valence-corrected chi connectivity index (χ2v) is 7.81. The maximum Gasteiger partial charge on any atom is 0.344 e. The van der Waals surface area contributed by atoms with Crippen LogP contribution in [0.15, 0.2) is 93.0 Å². The van der Waals surface area contributed by atoms with Gasteiger partial charge in [-0.3, -0.25) is 0 Å². The van der Waals surface area contributed by atoms with E-state index in [0.717, 1.165) is 5.56 Å². The van der Waals surface area contributed by atoms with Gasteiger partial charge in [0.2, 0.25) is 0 Å². The molecule has 0 bridgehead atoms. The Balaban J connectivity index is 1.82. The minimum atomic E-state index is -3.96. The zero-order chi connectivity index (χ0) is 19.7. The van der Waals surface area contributed by atoms with Crippen molar-refractivity contribution in [2.75, 3.05) is 0 Å². The van der Waals surface area contributed by atoms with E-state index >= 15 is 0 Å². The van der Waals surface area contributed by atoms with Crippen LogP contribution < -0.4 is 9.81 Å². The van der Waals surface area contributed by atoms with E-state index in [9.17, 15) is 13.2 Å². The number of hydrogen-bond donors (Lipinski definition) is 0. The predicted octanol–water partition coefficient (Wildman–Crippen LogP) is 4.54. The van der Waals surface area contributed by atoms with Crippen molar-refractivity contribution in [1.82, 2.24) is 0 Å². The number of rotatable bonds is 4. The van der Waals surface area contributed by atoms with E-state index in [1.807, 2.05) is 30.3 Å². The lowest BCUT2D eigenvalue weighted by Gasteiger charge is -2.10. The molecule has 1 heterocycles. The van der Waals surface area contributed by atoms with Gasteiger partial charge in [0.1, 0.15) is 16.2 Å². The lowest BCUT2D eigenvalue weighted by atomic mass is 10.00. The first kappa shape index (κ1) is 18.0. The van der Waals surface area contributed by atoms with Crippen LogP contribution in [0.5, 0.6) is 5.75 Å². The monoisotopic (exact) mass is 392 g/mol. The molecule has 3 aromatic carbocycles. The topological polar surface area (TPSA) is 73.6 Å². The summed E-state index contributed by atoms with van der Waals surface area (Å²) in [5.74, 6) is 0.146. The van der Waals surface area contributed by atoms with Gasteiger partial charge in [-0.2, -0.15) is 8.42 Å². The molecule has 0 aliphatic carbocycles. The molecule has 0 atom stereocenters. The summed E-state index contributed by atoms with van der Waals surface area (Å²) in [4.78, 5) is 12.5. The molecule has 0 aliphatic heterocycles. The molecule has 0 fully saturated rings. The average molecular weight is 392 g/mol. The van der Waals surface area contributed by atoms with Crippen LogP contribution >= 0.6 is 0 Å². The molecule has 5 nitrogen and oxygen atoms in total.